The van der Waals surface area contributed by atoms with E-state index < -0.39 is 0 Å². The first kappa shape index (κ1) is 36.0. The van der Waals surface area contributed by atoms with E-state index in [1.165, 1.54) is 22.3 Å². The average Bonchev–Trinajstić information content (AvgIpc) is 2.61. The quantitative estimate of drug-likeness (QED) is 0.427. The van der Waals surface area contributed by atoms with Gasteiger partial charge in [0.2, 0.25) is 0 Å². The molecule has 0 aliphatic rings. The largest absolute Gasteiger partial charge is 0.392 e. The van der Waals surface area contributed by atoms with Crippen LogP contribution in [0.25, 0.3) is 0 Å². The van der Waals surface area contributed by atoms with Crippen molar-refractivity contribution in [3.8, 4) is 0 Å². The summed E-state index contributed by atoms with van der Waals surface area (Å²) < 4.78 is 9.94. The van der Waals surface area contributed by atoms with Crippen LogP contribution in [0.5, 0.6) is 0 Å². The molecular formula is C24H36O2Y2-4. The Hall–Kier alpha value is 0.568. The predicted octanol–water partition coefficient (Wildman–Crippen LogP) is 6.34. The van der Waals surface area contributed by atoms with Crippen LogP contribution in [-0.2, 0) is 88.1 Å². The van der Waals surface area contributed by atoms with E-state index in [2.05, 4.69) is 25.1 Å². The molecule has 0 aromatic heterocycles. The molecule has 0 aliphatic heterocycles. The molecule has 154 valence electrons. The van der Waals surface area contributed by atoms with Gasteiger partial charge in [0.25, 0.3) is 0 Å². The van der Waals surface area contributed by atoms with Gasteiger partial charge in [0.1, 0.15) is 0 Å². The minimum Gasteiger partial charge on any atom is -0.392 e. The van der Waals surface area contributed by atoms with Gasteiger partial charge in [-0.15, -0.1) is 11.1 Å². The molecule has 0 atom stereocenters. The van der Waals surface area contributed by atoms with Crippen LogP contribution < -0.4 is 0 Å². The second-order valence-corrected chi connectivity index (χ2v) is 5.75. The van der Waals surface area contributed by atoms with E-state index in [0.29, 0.717) is 13.2 Å². The maximum absolute atomic E-state index is 4.99. The fourth-order valence-electron chi connectivity index (χ4n) is 1.64. The van der Waals surface area contributed by atoms with Gasteiger partial charge in [0.15, 0.2) is 0 Å². The summed E-state index contributed by atoms with van der Waals surface area (Å²) >= 11 is 0. The van der Waals surface area contributed by atoms with Crippen molar-refractivity contribution in [3.63, 3.8) is 0 Å². The summed E-state index contributed by atoms with van der Waals surface area (Å²) in [5.74, 6) is 0. The normalized spacial score (nSPS) is 8.29. The van der Waals surface area contributed by atoms with E-state index in [-0.39, 0.29) is 65.4 Å². The Morgan fingerprint density at radius 1 is 0.821 bits per heavy atom. The van der Waals surface area contributed by atoms with Crippen LogP contribution >= 0.6 is 0 Å². The molecule has 4 heteroatoms. The van der Waals surface area contributed by atoms with Crippen LogP contribution in [-0.4, -0.2) is 14.2 Å². The molecule has 2 aromatic carbocycles. The fraction of sp³-hybridized carbons (Fsp3) is 0.417. The van der Waals surface area contributed by atoms with Gasteiger partial charge in [-0.3, -0.25) is 0 Å². The van der Waals surface area contributed by atoms with Gasteiger partial charge >= 0.3 is 0 Å². The predicted molar refractivity (Wildman–Crippen MR) is 113 cm³/mol. The van der Waals surface area contributed by atoms with Gasteiger partial charge < -0.3 is 22.3 Å². The molecule has 2 nitrogen and oxygen atoms in total. The Kier molecular flexibility index (Phi) is 35.4. The van der Waals surface area contributed by atoms with Crippen molar-refractivity contribution in [1.82, 2.24) is 0 Å². The van der Waals surface area contributed by atoms with Crippen LogP contribution in [0, 0.1) is 38.8 Å². The molecule has 0 spiro atoms. The summed E-state index contributed by atoms with van der Waals surface area (Å²) in [6, 6.07) is 18.1. The second-order valence-electron chi connectivity index (χ2n) is 5.75. The van der Waals surface area contributed by atoms with E-state index >= 15 is 0 Å². The number of hydrogen-bond acceptors (Lipinski definition) is 2. The summed E-state index contributed by atoms with van der Waals surface area (Å²) in [5, 5.41) is 0. The molecule has 0 bridgehead atoms. The van der Waals surface area contributed by atoms with Crippen molar-refractivity contribution >= 4 is 0 Å². The molecule has 0 fully saturated rings. The molecule has 0 saturated carbocycles. The van der Waals surface area contributed by atoms with Crippen molar-refractivity contribution in [3.05, 3.63) is 83.6 Å². The Labute approximate surface area is 225 Å². The first-order chi connectivity index (χ1) is 12.5. The van der Waals surface area contributed by atoms with E-state index in [4.69, 9.17) is 9.47 Å². The first-order valence-corrected chi connectivity index (χ1v) is 8.89. The molecule has 0 unspecified atom stereocenters. The summed E-state index contributed by atoms with van der Waals surface area (Å²) in [4.78, 5) is 0. The Morgan fingerprint density at radius 3 is 1.75 bits per heavy atom. The number of rotatable bonds is 4. The third-order valence-corrected chi connectivity index (χ3v) is 2.84. The molecule has 2 rings (SSSR count). The number of hydrogen-bond donors (Lipinski definition) is 0. The topological polar surface area (TPSA) is 18.5 Å². The van der Waals surface area contributed by atoms with Gasteiger partial charge in [0, 0.05) is 92.9 Å². The SMILES string of the molecule is COCc1c[c-]c(C)cc1.COCc1c[c-]ccc1C.C[CH-]C.C[CH-]C.[Y].[Y]. The zero-order valence-electron chi connectivity index (χ0n) is 19.0. The Balaban J connectivity index is -0.000000153. The van der Waals surface area contributed by atoms with Crippen molar-refractivity contribution < 1.29 is 74.9 Å². The maximum atomic E-state index is 4.99. The van der Waals surface area contributed by atoms with Crippen LogP contribution in [0.1, 0.15) is 49.9 Å². The smallest absolute Gasteiger partial charge is 0.0345 e. The molecule has 0 heterocycles. The van der Waals surface area contributed by atoms with Gasteiger partial charge in [-0.25, -0.2) is 0 Å². The number of benzene rings is 2. The zero-order chi connectivity index (χ0) is 20.2. The van der Waals surface area contributed by atoms with E-state index in [0.717, 1.165) is 0 Å². The molecule has 0 saturated heterocycles. The summed E-state index contributed by atoms with van der Waals surface area (Å²) in [7, 11) is 3.40. The third kappa shape index (κ3) is 22.9. The molecule has 0 amide bonds. The molecule has 2 radical (unpaired) electrons. The number of methoxy groups -OCH3 is 2. The van der Waals surface area contributed by atoms with Crippen LogP contribution in [0.15, 0.2) is 36.4 Å². The molecule has 0 N–H and O–H groups in total. The van der Waals surface area contributed by atoms with Crippen LogP contribution in [0.3, 0.4) is 0 Å². The summed E-state index contributed by atoms with van der Waals surface area (Å²) in [5.41, 5.74) is 4.82. The van der Waals surface area contributed by atoms with Gasteiger partial charge in [0.05, 0.1) is 0 Å². The van der Waals surface area contributed by atoms with Crippen molar-refractivity contribution in [2.75, 3.05) is 14.2 Å². The Morgan fingerprint density at radius 2 is 1.36 bits per heavy atom. The second kappa shape index (κ2) is 27.6. The van der Waals surface area contributed by atoms with Gasteiger partial charge in [-0.05, 0) is 0 Å². The minimum absolute atomic E-state index is 0. The van der Waals surface area contributed by atoms with Crippen LogP contribution in [0.2, 0.25) is 0 Å². The average molecular weight is 534 g/mol. The molecular weight excluding hydrogens is 498 g/mol. The first-order valence-electron chi connectivity index (χ1n) is 8.89. The van der Waals surface area contributed by atoms with Gasteiger partial charge in [-0.2, -0.15) is 87.4 Å². The monoisotopic (exact) mass is 534 g/mol. The maximum Gasteiger partial charge on any atom is 0.0345 e. The van der Waals surface area contributed by atoms with E-state index in [1.54, 1.807) is 14.2 Å². The summed E-state index contributed by atoms with van der Waals surface area (Å²) in [6.07, 6.45) is 4.00. The van der Waals surface area contributed by atoms with Crippen molar-refractivity contribution in [1.29, 1.82) is 0 Å². The van der Waals surface area contributed by atoms with Crippen LogP contribution in [0.4, 0.5) is 0 Å². The molecule has 0 aliphatic carbocycles. The van der Waals surface area contributed by atoms with Gasteiger partial charge in [-0.1, -0.05) is 13.8 Å². The Bertz CT molecular complexity index is 526. The molecule has 28 heavy (non-hydrogen) atoms. The zero-order valence-corrected chi connectivity index (χ0v) is 24.7. The summed E-state index contributed by atoms with van der Waals surface area (Å²) in [6.45, 7) is 13.5. The molecule has 2 aromatic rings. The number of ether oxygens (including phenoxy) is 2. The minimum atomic E-state index is 0. The standard InChI is InChI=1S/2C9H11O.2C3H7.2Y/c1-8-3-5-9(6-4-8)7-10-2;1-8-5-3-4-6-9(8)7-10-2;2*1-3-2;;/h2*3,5-6H,7H2,1-2H3;2*3H,1-2H3;;/q4*-1;;. The van der Waals surface area contributed by atoms with E-state index in [9.17, 15) is 0 Å². The number of aryl methyl sites for hydroxylation is 2. The fourth-order valence-corrected chi connectivity index (χ4v) is 1.64. The van der Waals surface area contributed by atoms with E-state index in [1.807, 2.05) is 77.8 Å². The third-order valence-electron chi connectivity index (χ3n) is 2.84. The van der Waals surface area contributed by atoms with Crippen molar-refractivity contribution in [2.45, 2.75) is 54.8 Å². The van der Waals surface area contributed by atoms with Crippen molar-refractivity contribution in [2.24, 2.45) is 0 Å².